The molecular formula is C16H25ClNO+. The Morgan fingerprint density at radius 3 is 2.68 bits per heavy atom. The summed E-state index contributed by atoms with van der Waals surface area (Å²) in [7, 11) is 0. The Morgan fingerprint density at radius 1 is 1.16 bits per heavy atom. The van der Waals surface area contributed by atoms with Crippen LogP contribution in [0.25, 0.3) is 0 Å². The summed E-state index contributed by atoms with van der Waals surface area (Å²) in [5.41, 5.74) is 1.12. The van der Waals surface area contributed by atoms with Gasteiger partial charge in [-0.3, -0.25) is 0 Å². The van der Waals surface area contributed by atoms with E-state index in [1.54, 1.807) is 4.90 Å². The monoisotopic (exact) mass is 282 g/mol. The minimum Gasteiger partial charge on any atom is -0.493 e. The zero-order valence-corrected chi connectivity index (χ0v) is 12.6. The second kappa shape index (κ2) is 7.76. The van der Waals surface area contributed by atoms with Crippen LogP contribution in [0.2, 0.25) is 5.02 Å². The molecule has 2 rings (SSSR count). The molecule has 1 fully saturated rings. The van der Waals surface area contributed by atoms with E-state index < -0.39 is 0 Å². The van der Waals surface area contributed by atoms with Gasteiger partial charge in [0.25, 0.3) is 0 Å². The van der Waals surface area contributed by atoms with Crippen molar-refractivity contribution in [2.24, 2.45) is 0 Å². The van der Waals surface area contributed by atoms with Gasteiger partial charge in [-0.1, -0.05) is 11.6 Å². The third-order valence-electron chi connectivity index (χ3n) is 3.88. The molecule has 0 unspecified atom stereocenters. The van der Waals surface area contributed by atoms with Gasteiger partial charge in [-0.15, -0.1) is 0 Å². The van der Waals surface area contributed by atoms with Gasteiger partial charge in [0, 0.05) is 5.02 Å². The Kier molecular flexibility index (Phi) is 5.99. The molecule has 0 amide bonds. The minimum atomic E-state index is 0.776. The fourth-order valence-electron chi connectivity index (χ4n) is 2.74. The van der Waals surface area contributed by atoms with Crippen LogP contribution >= 0.6 is 11.6 Å². The number of unbranched alkanes of at least 4 members (excludes halogenated alkanes) is 1. The largest absolute Gasteiger partial charge is 0.493 e. The van der Waals surface area contributed by atoms with Crippen LogP contribution in [-0.4, -0.2) is 26.2 Å². The molecule has 2 nitrogen and oxygen atoms in total. The lowest BCUT2D eigenvalue weighted by Crippen LogP contribution is -3.12. The average molecular weight is 283 g/mol. The third kappa shape index (κ3) is 5.04. The van der Waals surface area contributed by atoms with Crippen LogP contribution < -0.4 is 9.64 Å². The first-order valence-corrected chi connectivity index (χ1v) is 7.86. The van der Waals surface area contributed by atoms with Crippen molar-refractivity contribution in [2.75, 3.05) is 26.2 Å². The number of rotatable bonds is 6. The summed E-state index contributed by atoms with van der Waals surface area (Å²) in [4.78, 5) is 1.79. The van der Waals surface area contributed by atoms with Crippen LogP contribution in [0.15, 0.2) is 18.2 Å². The number of benzene rings is 1. The molecular weight excluding hydrogens is 258 g/mol. The summed E-state index contributed by atoms with van der Waals surface area (Å²) in [5, 5.41) is 0.776. The van der Waals surface area contributed by atoms with Gasteiger partial charge in [0.2, 0.25) is 0 Å². The number of piperidine rings is 1. The fourth-order valence-corrected chi connectivity index (χ4v) is 2.96. The van der Waals surface area contributed by atoms with Crippen molar-refractivity contribution in [1.82, 2.24) is 0 Å². The molecule has 1 saturated heterocycles. The highest BCUT2D eigenvalue weighted by atomic mass is 35.5. The molecule has 1 N–H and O–H groups in total. The van der Waals surface area contributed by atoms with E-state index in [1.807, 2.05) is 25.1 Å². The molecule has 0 saturated carbocycles. The lowest BCUT2D eigenvalue weighted by atomic mass is 10.1. The molecule has 0 aromatic heterocycles. The van der Waals surface area contributed by atoms with E-state index in [9.17, 15) is 0 Å². The maximum atomic E-state index is 5.93. The summed E-state index contributed by atoms with van der Waals surface area (Å²) < 4.78 is 5.81. The predicted octanol–water partition coefficient (Wildman–Crippen LogP) is 2.88. The zero-order valence-electron chi connectivity index (χ0n) is 11.9. The normalized spacial score (nSPS) is 16.5. The van der Waals surface area contributed by atoms with E-state index in [4.69, 9.17) is 16.3 Å². The van der Waals surface area contributed by atoms with E-state index in [1.165, 1.54) is 45.3 Å². The lowest BCUT2D eigenvalue weighted by molar-refractivity contribution is -0.905. The number of likely N-dealkylation sites (tertiary alicyclic amines) is 1. The molecule has 1 aliphatic rings. The molecule has 1 heterocycles. The topological polar surface area (TPSA) is 13.7 Å². The summed E-state index contributed by atoms with van der Waals surface area (Å²) in [6, 6.07) is 5.81. The van der Waals surface area contributed by atoms with E-state index >= 15 is 0 Å². The Labute approximate surface area is 121 Å². The lowest BCUT2D eigenvalue weighted by Gasteiger charge is -2.23. The van der Waals surface area contributed by atoms with Crippen molar-refractivity contribution in [2.45, 2.75) is 39.0 Å². The fraction of sp³-hybridized carbons (Fsp3) is 0.625. The molecule has 0 aliphatic carbocycles. The number of ether oxygens (including phenoxy) is 1. The predicted molar refractivity (Wildman–Crippen MR) is 80.3 cm³/mol. The summed E-state index contributed by atoms with van der Waals surface area (Å²) in [6.07, 6.45) is 6.67. The molecule has 1 aliphatic heterocycles. The smallest absolute Gasteiger partial charge is 0.122 e. The first-order chi connectivity index (χ1) is 9.25. The first kappa shape index (κ1) is 14.7. The summed E-state index contributed by atoms with van der Waals surface area (Å²) >= 11 is 5.93. The van der Waals surface area contributed by atoms with Crippen molar-refractivity contribution in [3.63, 3.8) is 0 Å². The van der Waals surface area contributed by atoms with Crippen LogP contribution in [0.4, 0.5) is 0 Å². The van der Waals surface area contributed by atoms with Crippen molar-refractivity contribution in [1.29, 1.82) is 0 Å². The Bertz CT molecular complexity index is 388. The van der Waals surface area contributed by atoms with Gasteiger partial charge in [0.05, 0.1) is 26.2 Å². The van der Waals surface area contributed by atoms with E-state index in [-0.39, 0.29) is 0 Å². The molecule has 19 heavy (non-hydrogen) atoms. The van der Waals surface area contributed by atoms with Crippen LogP contribution in [0.1, 0.15) is 37.7 Å². The standard InChI is InChI=1S/C16H24ClNO/c1-14-13-15(17)7-8-16(14)19-12-6-5-11-18-9-3-2-4-10-18/h7-8,13H,2-6,9-12H2,1H3/p+1. The Balaban J connectivity index is 1.61. The molecule has 0 spiro atoms. The van der Waals surface area contributed by atoms with Crippen LogP contribution in [0, 0.1) is 6.92 Å². The molecule has 3 heteroatoms. The van der Waals surface area contributed by atoms with Crippen LogP contribution in [0.5, 0.6) is 5.75 Å². The van der Waals surface area contributed by atoms with Crippen molar-refractivity contribution in [3.05, 3.63) is 28.8 Å². The molecule has 1 aromatic rings. The van der Waals surface area contributed by atoms with Crippen molar-refractivity contribution >= 4 is 11.6 Å². The van der Waals surface area contributed by atoms with Crippen molar-refractivity contribution in [3.8, 4) is 5.75 Å². The van der Waals surface area contributed by atoms with Crippen molar-refractivity contribution < 1.29 is 9.64 Å². The highest BCUT2D eigenvalue weighted by molar-refractivity contribution is 6.30. The maximum Gasteiger partial charge on any atom is 0.122 e. The Hall–Kier alpha value is -0.730. The van der Waals surface area contributed by atoms with E-state index in [0.29, 0.717) is 0 Å². The van der Waals surface area contributed by atoms with Gasteiger partial charge in [-0.05, 0) is 62.8 Å². The molecule has 0 atom stereocenters. The number of aryl methyl sites for hydroxylation is 1. The number of nitrogens with one attached hydrogen (secondary N) is 1. The van der Waals surface area contributed by atoms with Gasteiger partial charge < -0.3 is 9.64 Å². The molecule has 1 aromatic carbocycles. The summed E-state index contributed by atoms with van der Waals surface area (Å²) in [6.45, 7) is 6.91. The van der Waals surface area contributed by atoms with Gasteiger partial charge in [0.15, 0.2) is 0 Å². The first-order valence-electron chi connectivity index (χ1n) is 7.48. The molecule has 0 radical (unpaired) electrons. The number of hydrogen-bond donors (Lipinski definition) is 1. The summed E-state index contributed by atoms with van der Waals surface area (Å²) in [5.74, 6) is 0.967. The van der Waals surface area contributed by atoms with Gasteiger partial charge in [-0.2, -0.15) is 0 Å². The number of hydrogen-bond acceptors (Lipinski definition) is 1. The maximum absolute atomic E-state index is 5.93. The van der Waals surface area contributed by atoms with Crippen LogP contribution in [-0.2, 0) is 0 Å². The van der Waals surface area contributed by atoms with E-state index in [2.05, 4.69) is 0 Å². The number of quaternary nitrogens is 1. The number of halogens is 1. The van der Waals surface area contributed by atoms with Gasteiger partial charge in [-0.25, -0.2) is 0 Å². The quantitative estimate of drug-likeness (QED) is 0.792. The van der Waals surface area contributed by atoms with Gasteiger partial charge >= 0.3 is 0 Å². The van der Waals surface area contributed by atoms with E-state index in [0.717, 1.165) is 29.4 Å². The Morgan fingerprint density at radius 2 is 1.95 bits per heavy atom. The second-order valence-electron chi connectivity index (χ2n) is 5.53. The van der Waals surface area contributed by atoms with Gasteiger partial charge in [0.1, 0.15) is 5.75 Å². The third-order valence-corrected chi connectivity index (χ3v) is 4.11. The zero-order chi connectivity index (χ0) is 13.5. The second-order valence-corrected chi connectivity index (χ2v) is 5.96. The minimum absolute atomic E-state index is 0.776. The highest BCUT2D eigenvalue weighted by Gasteiger charge is 2.12. The molecule has 106 valence electrons. The molecule has 0 bridgehead atoms. The SMILES string of the molecule is Cc1cc(Cl)ccc1OCCCC[NH+]1CCCCC1. The van der Waals surface area contributed by atoms with Crippen LogP contribution in [0.3, 0.4) is 0 Å². The highest BCUT2D eigenvalue weighted by Crippen LogP contribution is 2.21. The average Bonchev–Trinajstić information content (AvgIpc) is 2.42.